The Morgan fingerprint density at radius 3 is 2.67 bits per heavy atom. The number of phenols is 1. The second-order valence-corrected chi connectivity index (χ2v) is 4.99. The van der Waals surface area contributed by atoms with E-state index in [1.165, 1.54) is 24.3 Å². The maximum absolute atomic E-state index is 11.2. The van der Waals surface area contributed by atoms with Gasteiger partial charge in [-0.2, -0.15) is 0 Å². The normalized spacial score (nSPS) is 10.7. The lowest BCUT2D eigenvalue weighted by molar-refractivity contribution is 0.467. The van der Waals surface area contributed by atoms with E-state index >= 15 is 0 Å². The van der Waals surface area contributed by atoms with Crippen LogP contribution in [0, 0.1) is 0 Å². The van der Waals surface area contributed by atoms with Crippen molar-refractivity contribution in [2.45, 2.75) is 11.4 Å². The van der Waals surface area contributed by atoms with Crippen molar-refractivity contribution in [3.05, 3.63) is 23.8 Å². The minimum Gasteiger partial charge on any atom is -0.508 e. The molecule has 1 rings (SSSR count). The van der Waals surface area contributed by atoms with Gasteiger partial charge in [-0.25, -0.2) is 18.2 Å². The van der Waals surface area contributed by atoms with Crippen LogP contribution >= 0.6 is 0 Å². The van der Waals surface area contributed by atoms with Gasteiger partial charge in [0.05, 0.1) is 11.4 Å². The highest BCUT2D eigenvalue weighted by Crippen LogP contribution is 2.21. The van der Waals surface area contributed by atoms with Gasteiger partial charge in [-0.1, -0.05) is 0 Å². The number of aromatic hydroxyl groups is 1. The number of sulfone groups is 1. The SMILES string of the molecule is CS(=O)(=O)c1ccc(O)c(CN=C=O)c1. The van der Waals surface area contributed by atoms with Gasteiger partial charge in [0.15, 0.2) is 9.84 Å². The van der Waals surface area contributed by atoms with Crippen LogP contribution in [0.3, 0.4) is 0 Å². The lowest BCUT2D eigenvalue weighted by atomic mass is 10.2. The van der Waals surface area contributed by atoms with Gasteiger partial charge in [-0.3, -0.25) is 0 Å². The summed E-state index contributed by atoms with van der Waals surface area (Å²) >= 11 is 0. The molecule has 0 bridgehead atoms. The summed E-state index contributed by atoms with van der Waals surface area (Å²) in [6, 6.07) is 3.83. The molecule has 0 saturated carbocycles. The molecule has 0 saturated heterocycles. The van der Waals surface area contributed by atoms with Crippen LogP contribution in [0.4, 0.5) is 0 Å². The first kappa shape index (κ1) is 11.4. The topological polar surface area (TPSA) is 83.8 Å². The second-order valence-electron chi connectivity index (χ2n) is 2.97. The summed E-state index contributed by atoms with van der Waals surface area (Å²) in [4.78, 5) is 13.2. The number of carbonyl (C=O) groups excluding carboxylic acids is 1. The maximum atomic E-state index is 11.2. The van der Waals surface area contributed by atoms with Crippen molar-refractivity contribution in [2.75, 3.05) is 6.26 Å². The summed E-state index contributed by atoms with van der Waals surface area (Å²) in [7, 11) is -3.32. The van der Waals surface area contributed by atoms with E-state index < -0.39 is 9.84 Å². The van der Waals surface area contributed by atoms with E-state index in [1.807, 2.05) is 0 Å². The molecule has 15 heavy (non-hydrogen) atoms. The molecular weight excluding hydrogens is 218 g/mol. The average molecular weight is 227 g/mol. The van der Waals surface area contributed by atoms with Crippen LogP contribution in [0.1, 0.15) is 5.56 Å². The predicted molar refractivity (Wildman–Crippen MR) is 53.0 cm³/mol. The van der Waals surface area contributed by atoms with Crippen molar-refractivity contribution in [3.63, 3.8) is 0 Å². The highest BCUT2D eigenvalue weighted by Gasteiger charge is 2.10. The van der Waals surface area contributed by atoms with Gasteiger partial charge >= 0.3 is 0 Å². The number of benzene rings is 1. The fraction of sp³-hybridized carbons (Fsp3) is 0.222. The van der Waals surface area contributed by atoms with Crippen molar-refractivity contribution in [1.29, 1.82) is 0 Å². The molecule has 0 spiro atoms. The summed E-state index contributed by atoms with van der Waals surface area (Å²) in [5.74, 6) is -0.0959. The molecular formula is C9H9NO4S. The number of hydrogen-bond acceptors (Lipinski definition) is 5. The number of nitrogens with zero attached hydrogens (tertiary/aromatic N) is 1. The molecule has 0 radical (unpaired) electrons. The Morgan fingerprint density at radius 1 is 1.47 bits per heavy atom. The summed E-state index contributed by atoms with van der Waals surface area (Å²) in [6.45, 7) is -0.0846. The number of rotatable bonds is 3. The molecule has 5 nitrogen and oxygen atoms in total. The van der Waals surface area contributed by atoms with Gasteiger partial charge in [0.25, 0.3) is 0 Å². The monoisotopic (exact) mass is 227 g/mol. The minimum absolute atomic E-state index is 0.0800. The van der Waals surface area contributed by atoms with Gasteiger partial charge in [-0.05, 0) is 18.2 Å². The minimum atomic E-state index is -3.32. The zero-order valence-corrected chi connectivity index (χ0v) is 8.78. The summed E-state index contributed by atoms with van der Waals surface area (Å²) in [5, 5.41) is 9.34. The fourth-order valence-electron chi connectivity index (χ4n) is 1.04. The van der Waals surface area contributed by atoms with Gasteiger partial charge in [0, 0.05) is 11.8 Å². The Bertz CT molecular complexity index is 515. The molecule has 0 heterocycles. The largest absolute Gasteiger partial charge is 0.508 e. The molecule has 0 unspecified atom stereocenters. The number of phenolic OH excluding ortho intramolecular Hbond substituents is 1. The van der Waals surface area contributed by atoms with Crippen LogP contribution in [0.15, 0.2) is 28.1 Å². The Hall–Kier alpha value is -1.65. The van der Waals surface area contributed by atoms with Gasteiger partial charge in [-0.15, -0.1) is 0 Å². The molecule has 0 aliphatic rings. The molecule has 0 aliphatic carbocycles. The van der Waals surface area contributed by atoms with E-state index in [-0.39, 0.29) is 22.8 Å². The van der Waals surface area contributed by atoms with Crippen molar-refractivity contribution in [3.8, 4) is 5.75 Å². The Morgan fingerprint density at radius 2 is 2.13 bits per heavy atom. The average Bonchev–Trinajstić information content (AvgIpc) is 2.15. The van der Waals surface area contributed by atoms with E-state index in [0.29, 0.717) is 0 Å². The lowest BCUT2D eigenvalue weighted by Gasteiger charge is -2.03. The third kappa shape index (κ3) is 2.90. The van der Waals surface area contributed by atoms with Gasteiger partial charge < -0.3 is 5.11 Å². The molecule has 0 fully saturated rings. The smallest absolute Gasteiger partial charge is 0.235 e. The van der Waals surface area contributed by atoms with Crippen LogP contribution < -0.4 is 0 Å². The standard InChI is InChI=1S/C9H9NO4S/c1-15(13,14)8-2-3-9(12)7(4-8)5-10-6-11/h2-4,12H,5H2,1H3. The molecule has 0 atom stereocenters. The highest BCUT2D eigenvalue weighted by atomic mass is 32.2. The first-order chi connectivity index (χ1) is 6.95. The second kappa shape index (κ2) is 4.25. The fourth-order valence-corrected chi connectivity index (χ4v) is 1.71. The molecule has 0 aliphatic heterocycles. The molecule has 1 aromatic rings. The van der Waals surface area contributed by atoms with Crippen molar-refractivity contribution >= 4 is 15.9 Å². The zero-order valence-electron chi connectivity index (χ0n) is 7.97. The zero-order chi connectivity index (χ0) is 11.5. The maximum Gasteiger partial charge on any atom is 0.235 e. The first-order valence-electron chi connectivity index (χ1n) is 4.00. The van der Waals surface area contributed by atoms with E-state index in [1.54, 1.807) is 0 Å². The van der Waals surface area contributed by atoms with Crippen LogP contribution in [0.2, 0.25) is 0 Å². The molecule has 80 valence electrons. The first-order valence-corrected chi connectivity index (χ1v) is 5.90. The van der Waals surface area contributed by atoms with E-state index in [4.69, 9.17) is 0 Å². The van der Waals surface area contributed by atoms with Crippen molar-refractivity contribution in [2.24, 2.45) is 4.99 Å². The molecule has 1 aromatic carbocycles. The number of hydrogen-bond donors (Lipinski definition) is 1. The number of aliphatic imine (C=N–C) groups is 1. The summed E-state index contributed by atoms with van der Waals surface area (Å²) in [5.41, 5.74) is 0.279. The van der Waals surface area contributed by atoms with Crippen LogP contribution in [-0.2, 0) is 21.2 Å². The third-order valence-corrected chi connectivity index (χ3v) is 2.90. The third-order valence-electron chi connectivity index (χ3n) is 1.79. The van der Waals surface area contributed by atoms with Gasteiger partial charge in [0.1, 0.15) is 5.75 Å². The van der Waals surface area contributed by atoms with Crippen LogP contribution in [0.25, 0.3) is 0 Å². The molecule has 1 N–H and O–H groups in total. The highest BCUT2D eigenvalue weighted by molar-refractivity contribution is 7.90. The van der Waals surface area contributed by atoms with Gasteiger partial charge in [0.2, 0.25) is 6.08 Å². The predicted octanol–water partition coefficient (Wildman–Crippen LogP) is 0.632. The summed E-state index contributed by atoms with van der Waals surface area (Å²) in [6.07, 6.45) is 2.38. The van der Waals surface area contributed by atoms with Crippen LogP contribution in [0.5, 0.6) is 5.75 Å². The Labute approximate surface area is 87.0 Å². The van der Waals surface area contributed by atoms with E-state index in [2.05, 4.69) is 4.99 Å². The Kier molecular flexibility index (Phi) is 3.24. The lowest BCUT2D eigenvalue weighted by Crippen LogP contribution is -1.98. The van der Waals surface area contributed by atoms with E-state index in [0.717, 1.165) is 6.26 Å². The quantitative estimate of drug-likeness (QED) is 0.606. The van der Waals surface area contributed by atoms with Crippen molar-refractivity contribution < 1.29 is 18.3 Å². The molecule has 6 heteroatoms. The number of isocyanates is 1. The Balaban J connectivity index is 3.22. The van der Waals surface area contributed by atoms with Crippen LogP contribution in [-0.4, -0.2) is 25.9 Å². The molecule has 0 amide bonds. The summed E-state index contributed by atoms with van der Waals surface area (Å²) < 4.78 is 22.4. The van der Waals surface area contributed by atoms with E-state index in [9.17, 15) is 18.3 Å². The molecule has 0 aromatic heterocycles. The van der Waals surface area contributed by atoms with Crippen molar-refractivity contribution in [1.82, 2.24) is 0 Å².